The predicted octanol–water partition coefficient (Wildman–Crippen LogP) is 6.82. The van der Waals surface area contributed by atoms with E-state index >= 15 is 0 Å². The largest absolute Gasteiger partial charge is 0.352 e. The Hall–Kier alpha value is -3.95. The highest BCUT2D eigenvalue weighted by atomic mass is 79.9. The van der Waals surface area contributed by atoms with Crippen molar-refractivity contribution in [3.8, 4) is 0 Å². The Kier molecular flexibility index (Phi) is 11.6. The second-order valence-electron chi connectivity index (χ2n) is 11.2. The third-order valence-corrected chi connectivity index (χ3v) is 10.3. The lowest BCUT2D eigenvalue weighted by molar-refractivity contribution is -0.140. The van der Waals surface area contributed by atoms with Crippen molar-refractivity contribution in [1.29, 1.82) is 0 Å². The molecule has 0 radical (unpaired) electrons. The molecule has 236 valence electrons. The fourth-order valence-corrected chi connectivity index (χ4v) is 6.78. The molecule has 0 heterocycles. The third kappa shape index (κ3) is 8.61. The molecule has 4 rings (SSSR count). The molecule has 0 aliphatic heterocycles. The minimum Gasteiger partial charge on any atom is -0.352 e. The molecule has 2 amide bonds. The van der Waals surface area contributed by atoms with Crippen molar-refractivity contribution in [2.75, 3.05) is 10.8 Å². The zero-order chi connectivity index (χ0) is 32.6. The lowest BCUT2D eigenvalue weighted by atomic mass is 10.0. The number of carbonyl (C=O) groups is 2. The van der Waals surface area contributed by atoms with Crippen molar-refractivity contribution in [2.45, 2.75) is 64.1 Å². The van der Waals surface area contributed by atoms with E-state index in [2.05, 4.69) is 21.2 Å². The van der Waals surface area contributed by atoms with Gasteiger partial charge in [0.1, 0.15) is 12.6 Å². The molecule has 0 fully saturated rings. The Balaban J connectivity index is 1.83. The predicted molar refractivity (Wildman–Crippen MR) is 183 cm³/mol. The molecule has 0 unspecified atom stereocenters. The Labute approximate surface area is 275 Å². The number of halogens is 1. The van der Waals surface area contributed by atoms with Gasteiger partial charge in [0.05, 0.1) is 10.6 Å². The molecule has 0 aliphatic rings. The van der Waals surface area contributed by atoms with Gasteiger partial charge < -0.3 is 10.2 Å². The summed E-state index contributed by atoms with van der Waals surface area (Å²) in [5.41, 5.74) is 3.76. The van der Waals surface area contributed by atoms with E-state index in [1.165, 1.54) is 21.3 Å². The lowest BCUT2D eigenvalue weighted by Crippen LogP contribution is -2.54. The Morgan fingerprint density at radius 1 is 0.822 bits per heavy atom. The van der Waals surface area contributed by atoms with Crippen molar-refractivity contribution < 1.29 is 18.0 Å². The quantitative estimate of drug-likeness (QED) is 0.167. The Morgan fingerprint density at radius 2 is 1.44 bits per heavy atom. The molecule has 7 nitrogen and oxygen atoms in total. The molecule has 0 spiro atoms. The van der Waals surface area contributed by atoms with Gasteiger partial charge in [0.25, 0.3) is 10.0 Å². The maximum absolute atomic E-state index is 14.6. The average Bonchev–Trinajstić information content (AvgIpc) is 3.04. The van der Waals surface area contributed by atoms with E-state index in [4.69, 9.17) is 0 Å². The first kappa shape index (κ1) is 33.9. The molecule has 0 bridgehead atoms. The Morgan fingerprint density at radius 3 is 2.07 bits per heavy atom. The molecule has 0 aromatic heterocycles. The van der Waals surface area contributed by atoms with Crippen molar-refractivity contribution in [1.82, 2.24) is 10.2 Å². The number of aryl methyl sites for hydroxylation is 1. The van der Waals surface area contributed by atoms with Gasteiger partial charge in [0.15, 0.2) is 0 Å². The van der Waals surface area contributed by atoms with Gasteiger partial charge in [0.2, 0.25) is 11.8 Å². The number of benzene rings is 4. The van der Waals surface area contributed by atoms with Gasteiger partial charge in [-0.2, -0.15) is 0 Å². The molecule has 4 aromatic carbocycles. The van der Waals surface area contributed by atoms with Crippen molar-refractivity contribution in [3.05, 3.63) is 130 Å². The molecule has 0 saturated heterocycles. The van der Waals surface area contributed by atoms with Gasteiger partial charge in [-0.1, -0.05) is 95.7 Å². The molecule has 2 atom stereocenters. The summed E-state index contributed by atoms with van der Waals surface area (Å²) in [6.07, 6.45) is 0.987. The van der Waals surface area contributed by atoms with E-state index in [1.54, 1.807) is 30.3 Å². The number of sulfonamides is 1. The molecule has 0 saturated carbocycles. The van der Waals surface area contributed by atoms with Crippen molar-refractivity contribution in [3.63, 3.8) is 0 Å². The minimum absolute atomic E-state index is 0.0773. The van der Waals surface area contributed by atoms with Crippen LogP contribution >= 0.6 is 15.9 Å². The summed E-state index contributed by atoms with van der Waals surface area (Å²) < 4.78 is 30.5. The van der Waals surface area contributed by atoms with E-state index in [9.17, 15) is 18.0 Å². The molecule has 1 N–H and O–H groups in total. The van der Waals surface area contributed by atoms with Crippen LogP contribution in [0.5, 0.6) is 0 Å². The molecular weight excluding hydrogens is 650 g/mol. The van der Waals surface area contributed by atoms with Gasteiger partial charge in [-0.25, -0.2) is 8.42 Å². The zero-order valence-corrected chi connectivity index (χ0v) is 28.5. The Bertz CT molecular complexity index is 1700. The zero-order valence-electron chi connectivity index (χ0n) is 26.1. The first-order valence-corrected chi connectivity index (χ1v) is 17.3. The lowest BCUT2D eigenvalue weighted by Gasteiger charge is -2.34. The van der Waals surface area contributed by atoms with Crippen LogP contribution < -0.4 is 9.62 Å². The van der Waals surface area contributed by atoms with Crippen LogP contribution in [0.1, 0.15) is 42.5 Å². The van der Waals surface area contributed by atoms with Crippen LogP contribution in [-0.2, 0) is 32.6 Å². The molecule has 4 aromatic rings. The monoisotopic (exact) mass is 689 g/mol. The van der Waals surface area contributed by atoms with Crippen LogP contribution in [-0.4, -0.2) is 43.8 Å². The van der Waals surface area contributed by atoms with E-state index in [0.29, 0.717) is 5.69 Å². The molecule has 9 heteroatoms. The van der Waals surface area contributed by atoms with E-state index < -0.39 is 28.5 Å². The minimum atomic E-state index is -4.15. The van der Waals surface area contributed by atoms with E-state index in [1.807, 2.05) is 88.4 Å². The third-order valence-electron chi connectivity index (χ3n) is 7.99. The van der Waals surface area contributed by atoms with Crippen molar-refractivity contribution in [2.24, 2.45) is 0 Å². The normalized spacial score (nSPS) is 12.6. The summed E-state index contributed by atoms with van der Waals surface area (Å²) in [5.74, 6) is -0.776. The van der Waals surface area contributed by atoms with Gasteiger partial charge >= 0.3 is 0 Å². The van der Waals surface area contributed by atoms with E-state index in [-0.39, 0.29) is 29.8 Å². The number of nitrogens with zero attached hydrogens (tertiary/aromatic N) is 2. The summed E-state index contributed by atoms with van der Waals surface area (Å²) in [4.78, 5) is 30.1. The number of rotatable bonds is 13. The fraction of sp³-hybridized carbons (Fsp3) is 0.278. The SMILES string of the molecule is CC[C@@H](C)NC(=O)[C@H](Cc1ccccc1)N(Cc1ccc(Br)cc1)C(=O)CN(c1cccc(C)c1C)S(=O)(=O)c1ccccc1. The summed E-state index contributed by atoms with van der Waals surface area (Å²) in [6.45, 7) is 7.29. The average molecular weight is 691 g/mol. The van der Waals surface area contributed by atoms with Crippen LogP contribution in [0, 0.1) is 13.8 Å². The van der Waals surface area contributed by atoms with Crippen LogP contribution in [0.25, 0.3) is 0 Å². The number of carbonyl (C=O) groups excluding carboxylic acids is 2. The number of anilines is 1. The topological polar surface area (TPSA) is 86.8 Å². The van der Waals surface area contributed by atoms with Gasteiger partial charge in [0, 0.05) is 23.5 Å². The van der Waals surface area contributed by atoms with Gasteiger partial charge in [-0.15, -0.1) is 0 Å². The van der Waals surface area contributed by atoms with Crippen LogP contribution in [0.4, 0.5) is 5.69 Å². The fourth-order valence-electron chi connectivity index (χ4n) is 5.02. The number of nitrogens with one attached hydrogen (secondary N) is 1. The van der Waals surface area contributed by atoms with Crippen LogP contribution in [0.15, 0.2) is 112 Å². The summed E-state index contributed by atoms with van der Waals surface area (Å²) >= 11 is 3.47. The molecule has 45 heavy (non-hydrogen) atoms. The van der Waals surface area contributed by atoms with Crippen LogP contribution in [0.2, 0.25) is 0 Å². The maximum atomic E-state index is 14.6. The molecule has 0 aliphatic carbocycles. The van der Waals surface area contributed by atoms with E-state index in [0.717, 1.165) is 33.1 Å². The number of hydrogen-bond donors (Lipinski definition) is 1. The number of hydrogen-bond acceptors (Lipinski definition) is 4. The highest BCUT2D eigenvalue weighted by molar-refractivity contribution is 9.10. The summed E-state index contributed by atoms with van der Waals surface area (Å²) in [5, 5.41) is 3.07. The highest BCUT2D eigenvalue weighted by Crippen LogP contribution is 2.29. The first-order valence-electron chi connectivity index (χ1n) is 15.0. The van der Waals surface area contributed by atoms with Crippen molar-refractivity contribution >= 4 is 43.5 Å². The van der Waals surface area contributed by atoms with Gasteiger partial charge in [-0.05, 0) is 79.8 Å². The smallest absolute Gasteiger partial charge is 0.264 e. The standard InChI is InChI=1S/C36H40BrN3O4S/c1-5-27(3)38-36(42)34(23-29-14-8-6-9-15-29)39(24-30-19-21-31(37)22-20-30)35(41)25-40(33-18-12-13-26(2)28(33)4)45(43,44)32-16-10-7-11-17-32/h6-22,27,34H,5,23-25H2,1-4H3,(H,38,42)/t27-,34+/m1/s1. The second-order valence-corrected chi connectivity index (χ2v) is 14.0. The summed E-state index contributed by atoms with van der Waals surface area (Å²) in [7, 11) is -4.15. The number of amides is 2. The maximum Gasteiger partial charge on any atom is 0.264 e. The second kappa shape index (κ2) is 15.4. The first-order chi connectivity index (χ1) is 21.5. The van der Waals surface area contributed by atoms with Gasteiger partial charge in [-0.3, -0.25) is 13.9 Å². The molecular formula is C36H40BrN3O4S. The summed E-state index contributed by atoms with van der Waals surface area (Å²) in [6, 6.07) is 29.6. The highest BCUT2D eigenvalue weighted by Gasteiger charge is 2.35. The van der Waals surface area contributed by atoms with Crippen LogP contribution in [0.3, 0.4) is 0 Å².